The molecule has 0 atom stereocenters. The number of carbonyl (C=O) groups excluding carboxylic acids is 1. The second-order valence-electron chi connectivity index (χ2n) is 2.70. The topological polar surface area (TPSA) is 35.5 Å². The molecule has 0 saturated heterocycles. The van der Waals surface area contributed by atoms with Crippen LogP contribution in [0.15, 0.2) is 28.7 Å². The number of carbonyl (C=O) groups is 1. The highest BCUT2D eigenvalue weighted by atomic mass is 79.9. The van der Waals surface area contributed by atoms with Crippen LogP contribution < -0.4 is 0 Å². The lowest BCUT2D eigenvalue weighted by Gasteiger charge is -2.03. The first-order valence-corrected chi connectivity index (χ1v) is 4.90. The normalized spacial score (nSPS) is 9.86. The van der Waals surface area contributed by atoms with Gasteiger partial charge in [0.15, 0.2) is 0 Å². The molecule has 0 aromatic heterocycles. The molecule has 0 saturated carbocycles. The molecule has 1 aromatic rings. The summed E-state index contributed by atoms with van der Waals surface area (Å²) in [6.45, 7) is 0.400. The third-order valence-corrected chi connectivity index (χ3v) is 2.10. The van der Waals surface area contributed by atoms with E-state index in [4.69, 9.17) is 4.74 Å². The Kier molecular flexibility index (Phi) is 4.62. The van der Waals surface area contributed by atoms with Gasteiger partial charge in [-0.3, -0.25) is 0 Å². The van der Waals surface area contributed by atoms with Crippen LogP contribution >= 0.6 is 15.9 Å². The van der Waals surface area contributed by atoms with Crippen LogP contribution in [-0.2, 0) is 20.9 Å². The molecule has 0 heterocycles. The van der Waals surface area contributed by atoms with Gasteiger partial charge in [-0.05, 0) is 17.7 Å². The fourth-order valence-corrected chi connectivity index (χ4v) is 1.38. The molecule has 3 nitrogen and oxygen atoms in total. The SMILES string of the molecule is COC(=O)COCc1cccc(Br)c1. The molecule has 0 unspecified atom stereocenters. The Morgan fingerprint density at radius 3 is 2.93 bits per heavy atom. The predicted molar refractivity (Wildman–Crippen MR) is 55.8 cm³/mol. The standard InChI is InChI=1S/C10H11BrO3/c1-13-10(12)7-14-6-8-3-2-4-9(11)5-8/h2-5H,6-7H2,1H3. The van der Waals surface area contributed by atoms with Gasteiger partial charge in [-0.1, -0.05) is 28.1 Å². The molecule has 0 radical (unpaired) electrons. The van der Waals surface area contributed by atoms with Crippen molar-refractivity contribution in [2.75, 3.05) is 13.7 Å². The van der Waals surface area contributed by atoms with Crippen LogP contribution in [0.3, 0.4) is 0 Å². The van der Waals surface area contributed by atoms with Crippen molar-refractivity contribution >= 4 is 21.9 Å². The first-order chi connectivity index (χ1) is 6.72. The molecule has 1 aromatic carbocycles. The molecule has 0 aliphatic carbocycles. The molecular weight excluding hydrogens is 248 g/mol. The van der Waals surface area contributed by atoms with Crippen LogP contribution in [0.5, 0.6) is 0 Å². The smallest absolute Gasteiger partial charge is 0.331 e. The Labute approximate surface area is 91.1 Å². The van der Waals surface area contributed by atoms with Crippen molar-refractivity contribution in [3.63, 3.8) is 0 Å². The molecular formula is C10H11BrO3. The fraction of sp³-hybridized carbons (Fsp3) is 0.300. The summed E-state index contributed by atoms with van der Waals surface area (Å²) in [5.74, 6) is -0.361. The zero-order chi connectivity index (χ0) is 10.4. The molecule has 1 rings (SSSR count). The number of rotatable bonds is 4. The Bertz CT molecular complexity index is 312. The van der Waals surface area contributed by atoms with Crippen molar-refractivity contribution in [2.45, 2.75) is 6.61 Å². The van der Waals surface area contributed by atoms with E-state index < -0.39 is 0 Å². The first kappa shape index (κ1) is 11.2. The minimum absolute atomic E-state index is 0.0109. The minimum Gasteiger partial charge on any atom is -0.467 e. The van der Waals surface area contributed by atoms with Gasteiger partial charge in [0.05, 0.1) is 13.7 Å². The van der Waals surface area contributed by atoms with Crippen molar-refractivity contribution in [2.24, 2.45) is 0 Å². The van der Waals surface area contributed by atoms with Gasteiger partial charge in [0.1, 0.15) is 6.61 Å². The third-order valence-electron chi connectivity index (χ3n) is 1.61. The van der Waals surface area contributed by atoms with Crippen LogP contribution in [0.4, 0.5) is 0 Å². The van der Waals surface area contributed by atoms with E-state index in [1.54, 1.807) is 0 Å². The minimum atomic E-state index is -0.361. The highest BCUT2D eigenvalue weighted by Gasteiger charge is 2.00. The fourth-order valence-electron chi connectivity index (χ4n) is 0.938. The van der Waals surface area contributed by atoms with Gasteiger partial charge in [-0.25, -0.2) is 4.79 Å². The van der Waals surface area contributed by atoms with E-state index in [1.165, 1.54) is 7.11 Å². The maximum absolute atomic E-state index is 10.7. The van der Waals surface area contributed by atoms with Gasteiger partial charge in [0, 0.05) is 4.47 Å². The molecule has 14 heavy (non-hydrogen) atoms. The number of hydrogen-bond donors (Lipinski definition) is 0. The summed E-state index contributed by atoms with van der Waals surface area (Å²) in [6.07, 6.45) is 0. The highest BCUT2D eigenvalue weighted by molar-refractivity contribution is 9.10. The number of ether oxygens (including phenoxy) is 2. The number of hydrogen-bond acceptors (Lipinski definition) is 3. The third kappa shape index (κ3) is 3.89. The van der Waals surface area contributed by atoms with Gasteiger partial charge < -0.3 is 9.47 Å². The van der Waals surface area contributed by atoms with Crippen molar-refractivity contribution in [3.05, 3.63) is 34.3 Å². The van der Waals surface area contributed by atoms with Crippen LogP contribution in [-0.4, -0.2) is 19.7 Å². The van der Waals surface area contributed by atoms with Gasteiger partial charge >= 0.3 is 5.97 Å². The average molecular weight is 259 g/mol. The van der Waals surface area contributed by atoms with Crippen molar-refractivity contribution in [1.29, 1.82) is 0 Å². The van der Waals surface area contributed by atoms with Gasteiger partial charge in [-0.2, -0.15) is 0 Å². The highest BCUT2D eigenvalue weighted by Crippen LogP contribution is 2.12. The van der Waals surface area contributed by atoms with Gasteiger partial charge in [0.2, 0.25) is 0 Å². The number of esters is 1. The summed E-state index contributed by atoms with van der Waals surface area (Å²) < 4.78 is 10.6. The van der Waals surface area contributed by atoms with E-state index in [0.717, 1.165) is 10.0 Å². The lowest BCUT2D eigenvalue weighted by Crippen LogP contribution is -2.09. The summed E-state index contributed by atoms with van der Waals surface area (Å²) in [7, 11) is 1.34. The molecule has 0 aliphatic rings. The van der Waals surface area contributed by atoms with Crippen molar-refractivity contribution < 1.29 is 14.3 Å². The van der Waals surface area contributed by atoms with E-state index >= 15 is 0 Å². The van der Waals surface area contributed by atoms with E-state index in [-0.39, 0.29) is 12.6 Å². The Hall–Kier alpha value is -0.870. The lowest BCUT2D eigenvalue weighted by atomic mass is 10.2. The largest absolute Gasteiger partial charge is 0.467 e. The molecule has 0 amide bonds. The molecule has 0 N–H and O–H groups in total. The summed E-state index contributed by atoms with van der Waals surface area (Å²) in [4.78, 5) is 10.7. The Balaban J connectivity index is 2.35. The summed E-state index contributed by atoms with van der Waals surface area (Å²) >= 11 is 3.35. The van der Waals surface area contributed by atoms with E-state index in [0.29, 0.717) is 6.61 Å². The molecule has 4 heteroatoms. The Morgan fingerprint density at radius 2 is 2.29 bits per heavy atom. The summed E-state index contributed by atoms with van der Waals surface area (Å²) in [5, 5.41) is 0. The monoisotopic (exact) mass is 258 g/mol. The quantitative estimate of drug-likeness (QED) is 0.777. The van der Waals surface area contributed by atoms with Crippen LogP contribution in [0.1, 0.15) is 5.56 Å². The molecule has 0 fully saturated rings. The van der Waals surface area contributed by atoms with Gasteiger partial charge in [-0.15, -0.1) is 0 Å². The second kappa shape index (κ2) is 5.78. The second-order valence-corrected chi connectivity index (χ2v) is 3.61. The van der Waals surface area contributed by atoms with Crippen LogP contribution in [0.25, 0.3) is 0 Å². The van der Waals surface area contributed by atoms with E-state index in [9.17, 15) is 4.79 Å². The summed E-state index contributed by atoms with van der Waals surface area (Å²) in [6, 6.07) is 7.73. The maximum Gasteiger partial charge on any atom is 0.331 e. The lowest BCUT2D eigenvalue weighted by molar-refractivity contribution is -0.146. The number of benzene rings is 1. The van der Waals surface area contributed by atoms with E-state index in [2.05, 4.69) is 20.7 Å². The molecule has 0 aliphatic heterocycles. The van der Waals surface area contributed by atoms with E-state index in [1.807, 2.05) is 24.3 Å². The molecule has 76 valence electrons. The molecule has 0 spiro atoms. The first-order valence-electron chi connectivity index (χ1n) is 4.11. The summed E-state index contributed by atoms with van der Waals surface area (Å²) in [5.41, 5.74) is 1.02. The zero-order valence-electron chi connectivity index (χ0n) is 7.83. The van der Waals surface area contributed by atoms with Crippen LogP contribution in [0.2, 0.25) is 0 Å². The Morgan fingerprint density at radius 1 is 1.50 bits per heavy atom. The maximum atomic E-state index is 10.7. The number of methoxy groups -OCH3 is 1. The molecule has 0 bridgehead atoms. The van der Waals surface area contributed by atoms with Gasteiger partial charge in [0.25, 0.3) is 0 Å². The predicted octanol–water partition coefficient (Wildman–Crippen LogP) is 2.14. The van der Waals surface area contributed by atoms with Crippen LogP contribution in [0, 0.1) is 0 Å². The number of halogens is 1. The van der Waals surface area contributed by atoms with Crippen molar-refractivity contribution in [3.8, 4) is 0 Å². The van der Waals surface area contributed by atoms with Crippen molar-refractivity contribution in [1.82, 2.24) is 0 Å². The average Bonchev–Trinajstić information content (AvgIpc) is 2.17. The zero-order valence-corrected chi connectivity index (χ0v) is 9.41.